The Bertz CT molecular complexity index is 1560. The summed E-state index contributed by atoms with van der Waals surface area (Å²) in [5.41, 5.74) is 3.37. The van der Waals surface area contributed by atoms with Crippen LogP contribution in [-0.2, 0) is 32.8 Å². The molecule has 0 saturated carbocycles. The van der Waals surface area contributed by atoms with Crippen LogP contribution in [0.2, 0.25) is 0 Å². The van der Waals surface area contributed by atoms with Gasteiger partial charge in [0, 0.05) is 37.5 Å². The summed E-state index contributed by atoms with van der Waals surface area (Å²) in [6, 6.07) is 32.0. The minimum Gasteiger partial charge on any atom is -0.497 e. The number of anilines is 2. The van der Waals surface area contributed by atoms with Crippen LogP contribution in [0.25, 0.3) is 0 Å². The number of methoxy groups -OCH3 is 2. The van der Waals surface area contributed by atoms with Crippen LogP contribution in [0.3, 0.4) is 0 Å². The largest absolute Gasteiger partial charge is 0.497 e. The molecule has 4 aromatic carbocycles. The van der Waals surface area contributed by atoms with Gasteiger partial charge >= 0.3 is 12.2 Å². The number of carbonyl (C=O) groups is 2. The molecule has 0 saturated heterocycles. The highest BCUT2D eigenvalue weighted by atomic mass is 16.7. The minimum absolute atomic E-state index is 0.0235. The van der Waals surface area contributed by atoms with E-state index in [4.69, 9.17) is 23.7 Å². The molecule has 0 heterocycles. The SMILES string of the molecule is COCOc1c(N(CCCN(C(=O)OCc2ccccc2)c2ccccc2)C(=O)OCc2ccccc2)cc(OC)cc1C(C)(C)C. The molecular weight excluding hydrogens is 596 g/mol. The molecular formula is C38H44N2O7. The Morgan fingerprint density at radius 3 is 1.70 bits per heavy atom. The third kappa shape index (κ3) is 9.98. The van der Waals surface area contributed by atoms with E-state index in [1.807, 2.05) is 97.1 Å². The Balaban J connectivity index is 1.64. The third-order valence-corrected chi connectivity index (χ3v) is 7.38. The van der Waals surface area contributed by atoms with Crippen molar-refractivity contribution in [2.45, 2.75) is 45.8 Å². The summed E-state index contributed by atoms with van der Waals surface area (Å²) in [5.74, 6) is 1.05. The normalized spacial score (nSPS) is 11.0. The molecule has 0 N–H and O–H groups in total. The zero-order chi connectivity index (χ0) is 33.6. The number of rotatable bonds is 14. The molecule has 0 aromatic heterocycles. The molecule has 0 aliphatic heterocycles. The molecule has 248 valence electrons. The fourth-order valence-electron chi connectivity index (χ4n) is 4.96. The van der Waals surface area contributed by atoms with Gasteiger partial charge in [-0.2, -0.15) is 0 Å². The molecule has 2 amide bonds. The molecule has 9 heteroatoms. The molecule has 0 fully saturated rings. The predicted molar refractivity (Wildman–Crippen MR) is 183 cm³/mol. The van der Waals surface area contributed by atoms with Crippen LogP contribution in [0.1, 0.15) is 43.9 Å². The standard InChI is InChI=1S/C38H44N2O7/c1-38(2,3)33-24-32(44-5)25-34(35(33)47-28-43-4)40(37(42)46-27-30-18-11-7-12-19-30)23-15-22-39(31-20-13-8-14-21-31)36(41)45-26-29-16-9-6-10-17-29/h6-14,16-21,24-25H,15,22-23,26-28H2,1-5H3. The van der Waals surface area contributed by atoms with Crippen molar-refractivity contribution in [1.82, 2.24) is 0 Å². The van der Waals surface area contributed by atoms with Crippen molar-refractivity contribution < 1.29 is 33.3 Å². The van der Waals surface area contributed by atoms with Gasteiger partial charge in [-0.25, -0.2) is 9.59 Å². The average molecular weight is 641 g/mol. The van der Waals surface area contributed by atoms with Crippen molar-refractivity contribution >= 4 is 23.6 Å². The summed E-state index contributed by atoms with van der Waals surface area (Å²) in [6.45, 7) is 6.84. The number of hydrogen-bond donors (Lipinski definition) is 0. The van der Waals surface area contributed by atoms with Crippen LogP contribution in [0, 0.1) is 0 Å². The maximum atomic E-state index is 13.9. The molecule has 0 aliphatic rings. The first-order chi connectivity index (χ1) is 22.7. The number of carbonyl (C=O) groups excluding carboxylic acids is 2. The monoisotopic (exact) mass is 640 g/mol. The minimum atomic E-state index is -0.567. The zero-order valence-electron chi connectivity index (χ0n) is 27.8. The molecule has 47 heavy (non-hydrogen) atoms. The van der Waals surface area contributed by atoms with Gasteiger partial charge < -0.3 is 23.7 Å². The van der Waals surface area contributed by atoms with Gasteiger partial charge in [0.2, 0.25) is 0 Å². The fraction of sp³-hybridized carbons (Fsp3) is 0.316. The van der Waals surface area contributed by atoms with E-state index < -0.39 is 12.2 Å². The number of amides is 2. The first-order valence-corrected chi connectivity index (χ1v) is 15.6. The lowest BCUT2D eigenvalue weighted by atomic mass is 9.85. The number of hydrogen-bond acceptors (Lipinski definition) is 7. The summed E-state index contributed by atoms with van der Waals surface area (Å²) in [4.78, 5) is 30.4. The fourth-order valence-corrected chi connectivity index (χ4v) is 4.96. The van der Waals surface area contributed by atoms with Crippen molar-refractivity contribution in [1.29, 1.82) is 0 Å². The summed E-state index contributed by atoms with van der Waals surface area (Å²) in [6.07, 6.45) is -0.664. The number of ether oxygens (including phenoxy) is 5. The van der Waals surface area contributed by atoms with E-state index in [0.717, 1.165) is 16.7 Å². The van der Waals surface area contributed by atoms with Gasteiger partial charge in [0.15, 0.2) is 6.79 Å². The summed E-state index contributed by atoms with van der Waals surface area (Å²) in [5, 5.41) is 0. The Labute approximate surface area is 277 Å². The highest BCUT2D eigenvalue weighted by Gasteiger charge is 2.29. The van der Waals surface area contributed by atoms with E-state index in [0.29, 0.717) is 29.3 Å². The molecule has 0 bridgehead atoms. The maximum Gasteiger partial charge on any atom is 0.414 e. The first kappa shape index (κ1) is 34.8. The summed E-state index contributed by atoms with van der Waals surface area (Å²) >= 11 is 0. The Kier molecular flexibility index (Phi) is 12.6. The van der Waals surface area contributed by atoms with Crippen LogP contribution in [0.4, 0.5) is 21.0 Å². The lowest BCUT2D eigenvalue weighted by Gasteiger charge is -2.30. The topological polar surface area (TPSA) is 86.8 Å². The number of nitrogens with zero attached hydrogens (tertiary/aromatic N) is 2. The van der Waals surface area contributed by atoms with Gasteiger partial charge in [-0.1, -0.05) is 99.6 Å². The van der Waals surface area contributed by atoms with E-state index in [9.17, 15) is 9.59 Å². The van der Waals surface area contributed by atoms with Gasteiger partial charge in [0.05, 0.1) is 12.8 Å². The predicted octanol–water partition coefficient (Wildman–Crippen LogP) is 8.35. The molecule has 0 unspecified atom stereocenters. The van der Waals surface area contributed by atoms with Crippen molar-refractivity contribution in [2.75, 3.05) is 43.9 Å². The second kappa shape index (κ2) is 17.1. The molecule has 4 rings (SSSR count). The van der Waals surface area contributed by atoms with Gasteiger partial charge in [0.25, 0.3) is 0 Å². The van der Waals surface area contributed by atoms with Gasteiger partial charge in [-0.15, -0.1) is 0 Å². The first-order valence-electron chi connectivity index (χ1n) is 15.6. The lowest BCUT2D eigenvalue weighted by molar-refractivity contribution is 0.0499. The molecule has 0 aliphatic carbocycles. The Hall–Kier alpha value is -5.02. The molecule has 0 radical (unpaired) electrons. The van der Waals surface area contributed by atoms with E-state index in [-0.39, 0.29) is 38.5 Å². The highest BCUT2D eigenvalue weighted by Crippen LogP contribution is 2.43. The Morgan fingerprint density at radius 2 is 1.19 bits per heavy atom. The van der Waals surface area contributed by atoms with Crippen molar-refractivity contribution in [3.8, 4) is 11.5 Å². The lowest BCUT2D eigenvalue weighted by Crippen LogP contribution is -2.37. The van der Waals surface area contributed by atoms with E-state index in [1.54, 1.807) is 25.2 Å². The van der Waals surface area contributed by atoms with Crippen LogP contribution >= 0.6 is 0 Å². The van der Waals surface area contributed by atoms with Crippen LogP contribution < -0.4 is 19.3 Å². The van der Waals surface area contributed by atoms with E-state index >= 15 is 0 Å². The quantitative estimate of drug-likeness (QED) is 0.128. The van der Waals surface area contributed by atoms with Gasteiger partial charge in [-0.3, -0.25) is 9.80 Å². The second-order valence-corrected chi connectivity index (χ2v) is 11.9. The zero-order valence-corrected chi connectivity index (χ0v) is 27.8. The van der Waals surface area contributed by atoms with Crippen LogP contribution in [0.15, 0.2) is 103 Å². The maximum absolute atomic E-state index is 13.9. The summed E-state index contributed by atoms with van der Waals surface area (Å²) in [7, 11) is 3.12. The van der Waals surface area contributed by atoms with Crippen molar-refractivity contribution in [3.05, 3.63) is 120 Å². The smallest absolute Gasteiger partial charge is 0.414 e. The molecule has 4 aromatic rings. The van der Waals surface area contributed by atoms with Gasteiger partial charge in [0.1, 0.15) is 24.7 Å². The van der Waals surface area contributed by atoms with Crippen molar-refractivity contribution in [3.63, 3.8) is 0 Å². The van der Waals surface area contributed by atoms with Crippen molar-refractivity contribution in [2.24, 2.45) is 0 Å². The average Bonchev–Trinajstić information content (AvgIpc) is 3.09. The van der Waals surface area contributed by atoms with E-state index in [2.05, 4.69) is 20.8 Å². The Morgan fingerprint density at radius 1 is 0.681 bits per heavy atom. The van der Waals surface area contributed by atoms with Gasteiger partial charge in [-0.05, 0) is 41.2 Å². The number of benzene rings is 4. The number of para-hydroxylation sites is 1. The van der Waals surface area contributed by atoms with E-state index in [1.165, 1.54) is 4.90 Å². The second-order valence-electron chi connectivity index (χ2n) is 11.9. The molecule has 0 atom stereocenters. The highest BCUT2D eigenvalue weighted by molar-refractivity contribution is 5.91. The van der Waals surface area contributed by atoms with Crippen LogP contribution in [0.5, 0.6) is 11.5 Å². The summed E-state index contributed by atoms with van der Waals surface area (Å²) < 4.78 is 28.6. The molecule has 9 nitrogen and oxygen atoms in total. The van der Waals surface area contributed by atoms with Crippen LogP contribution in [-0.4, -0.2) is 46.3 Å². The molecule has 0 spiro atoms. The third-order valence-electron chi connectivity index (χ3n) is 7.38.